The lowest BCUT2D eigenvalue weighted by molar-refractivity contribution is -0.190. The molecule has 1 amide bonds. The lowest BCUT2D eigenvalue weighted by Gasteiger charge is -2.58. The molecule has 148 valence electrons. The fraction of sp³-hybridized carbons (Fsp3) is 0.500. The average molecular weight is 382 g/mol. The van der Waals surface area contributed by atoms with Crippen molar-refractivity contribution in [2.24, 2.45) is 5.41 Å². The molecule has 0 spiro atoms. The van der Waals surface area contributed by atoms with Gasteiger partial charge in [0.2, 0.25) is 0 Å². The fourth-order valence-corrected chi connectivity index (χ4v) is 4.27. The first-order valence-electron chi connectivity index (χ1n) is 9.87. The molecule has 2 atom stereocenters. The average Bonchev–Trinajstić information content (AvgIpc) is 3.51. The van der Waals surface area contributed by atoms with Crippen LogP contribution in [-0.2, 0) is 9.53 Å². The second-order valence-corrected chi connectivity index (χ2v) is 8.42. The van der Waals surface area contributed by atoms with Crippen molar-refractivity contribution in [3.05, 3.63) is 41.6 Å². The van der Waals surface area contributed by atoms with E-state index in [1.807, 2.05) is 51.1 Å². The van der Waals surface area contributed by atoms with Crippen LogP contribution in [0.5, 0.6) is 0 Å². The maximum absolute atomic E-state index is 13.3. The van der Waals surface area contributed by atoms with Crippen LogP contribution < -0.4 is 5.32 Å². The molecule has 1 heterocycles. The summed E-state index contributed by atoms with van der Waals surface area (Å²) in [6, 6.07) is 9.34. The third kappa shape index (κ3) is 2.78. The zero-order chi connectivity index (χ0) is 20.1. The van der Waals surface area contributed by atoms with Crippen molar-refractivity contribution in [1.29, 1.82) is 0 Å². The summed E-state index contributed by atoms with van der Waals surface area (Å²) in [4.78, 5) is 30.2. The first kappa shape index (κ1) is 18.9. The van der Waals surface area contributed by atoms with Crippen LogP contribution in [0.1, 0.15) is 62.0 Å². The second kappa shape index (κ2) is 6.55. The number of rotatable bonds is 6. The van der Waals surface area contributed by atoms with E-state index in [4.69, 9.17) is 9.72 Å². The maximum atomic E-state index is 13.3. The number of amides is 1. The smallest absolute Gasteiger partial charge is 0.330 e. The summed E-state index contributed by atoms with van der Waals surface area (Å²) in [6.07, 6.45) is 2.21. The van der Waals surface area contributed by atoms with E-state index in [0.29, 0.717) is 18.1 Å². The summed E-state index contributed by atoms with van der Waals surface area (Å²) < 4.78 is 5.69. The van der Waals surface area contributed by atoms with Crippen LogP contribution in [0.25, 0.3) is 10.9 Å². The van der Waals surface area contributed by atoms with Gasteiger partial charge in [0.15, 0.2) is 0 Å². The van der Waals surface area contributed by atoms with Gasteiger partial charge in [-0.1, -0.05) is 32.0 Å². The Morgan fingerprint density at radius 1 is 1.29 bits per heavy atom. The minimum Gasteiger partial charge on any atom is -0.479 e. The van der Waals surface area contributed by atoms with E-state index < -0.39 is 16.9 Å². The van der Waals surface area contributed by atoms with Crippen molar-refractivity contribution in [2.45, 2.75) is 57.6 Å². The molecule has 0 aliphatic heterocycles. The molecule has 6 nitrogen and oxygen atoms in total. The van der Waals surface area contributed by atoms with E-state index in [-0.39, 0.29) is 18.4 Å². The summed E-state index contributed by atoms with van der Waals surface area (Å²) in [5, 5.41) is 13.6. The topological polar surface area (TPSA) is 88.5 Å². The molecule has 28 heavy (non-hydrogen) atoms. The summed E-state index contributed by atoms with van der Waals surface area (Å²) in [6.45, 7) is 6.08. The van der Waals surface area contributed by atoms with Crippen molar-refractivity contribution >= 4 is 22.8 Å². The molecule has 1 aromatic carbocycles. The predicted octanol–water partition coefficient (Wildman–Crippen LogP) is 3.50. The molecular weight excluding hydrogens is 356 g/mol. The van der Waals surface area contributed by atoms with Gasteiger partial charge >= 0.3 is 5.97 Å². The number of carbonyl (C=O) groups is 2. The molecule has 2 saturated carbocycles. The molecule has 4 rings (SSSR count). The van der Waals surface area contributed by atoms with E-state index in [1.165, 1.54) is 0 Å². The first-order chi connectivity index (χ1) is 13.3. The van der Waals surface area contributed by atoms with Gasteiger partial charge in [-0.25, -0.2) is 4.79 Å². The molecule has 0 bridgehead atoms. The fourth-order valence-electron chi connectivity index (χ4n) is 4.27. The Kier molecular flexibility index (Phi) is 4.42. The highest BCUT2D eigenvalue weighted by molar-refractivity contribution is 6.08. The molecular formula is C22H26N2O4. The SMILES string of the molecule is CCOC1CC(NC(=O)c2cc(C3CC3)nc3ccccc23)(C(=O)O)C1(C)C. The molecule has 2 N–H and O–H groups in total. The largest absolute Gasteiger partial charge is 0.479 e. The van der Waals surface area contributed by atoms with E-state index in [1.54, 1.807) is 0 Å². The quantitative estimate of drug-likeness (QED) is 0.798. The van der Waals surface area contributed by atoms with E-state index >= 15 is 0 Å². The third-order valence-corrected chi connectivity index (χ3v) is 6.43. The highest BCUT2D eigenvalue weighted by atomic mass is 16.5. The molecule has 2 unspecified atom stereocenters. The summed E-state index contributed by atoms with van der Waals surface area (Å²) in [5.74, 6) is -0.999. The Balaban J connectivity index is 1.71. The van der Waals surface area contributed by atoms with Crippen molar-refractivity contribution < 1.29 is 19.4 Å². The van der Waals surface area contributed by atoms with Gasteiger partial charge in [-0.05, 0) is 31.9 Å². The number of aromatic nitrogens is 1. The number of benzene rings is 1. The molecule has 0 radical (unpaired) electrons. The first-order valence-corrected chi connectivity index (χ1v) is 9.87. The number of fused-ring (bicyclic) bond motifs is 1. The summed E-state index contributed by atoms with van der Waals surface area (Å²) >= 11 is 0. The highest BCUT2D eigenvalue weighted by Gasteiger charge is 2.66. The highest BCUT2D eigenvalue weighted by Crippen LogP contribution is 2.51. The second-order valence-electron chi connectivity index (χ2n) is 8.42. The number of hydrogen-bond acceptors (Lipinski definition) is 4. The Morgan fingerprint density at radius 3 is 2.61 bits per heavy atom. The Bertz CT molecular complexity index is 951. The number of ether oxygens (including phenoxy) is 1. The van der Waals surface area contributed by atoms with Gasteiger partial charge in [-0.2, -0.15) is 0 Å². The number of pyridine rings is 1. The number of nitrogens with one attached hydrogen (secondary N) is 1. The molecule has 0 saturated heterocycles. The minimum absolute atomic E-state index is 0.204. The van der Waals surface area contributed by atoms with Crippen LogP contribution in [0, 0.1) is 5.41 Å². The predicted molar refractivity (Wildman–Crippen MR) is 105 cm³/mol. The van der Waals surface area contributed by atoms with Crippen molar-refractivity contribution in [3.63, 3.8) is 0 Å². The van der Waals surface area contributed by atoms with Gasteiger partial charge in [0, 0.05) is 35.4 Å². The molecule has 2 aliphatic carbocycles. The minimum atomic E-state index is -1.35. The lowest BCUT2D eigenvalue weighted by Crippen LogP contribution is -2.76. The summed E-state index contributed by atoms with van der Waals surface area (Å²) in [7, 11) is 0. The van der Waals surface area contributed by atoms with E-state index in [9.17, 15) is 14.7 Å². The van der Waals surface area contributed by atoms with Gasteiger partial charge in [-0.3, -0.25) is 9.78 Å². The van der Waals surface area contributed by atoms with Gasteiger partial charge in [0.25, 0.3) is 5.91 Å². The standard InChI is InChI=1S/C22H26N2O4/c1-4-28-18-12-22(20(26)27,21(18,2)3)24-19(25)15-11-17(13-9-10-13)23-16-8-6-5-7-14(15)16/h5-8,11,13,18H,4,9-10,12H2,1-3H3,(H,24,25)(H,26,27). The molecule has 6 heteroatoms. The maximum Gasteiger partial charge on any atom is 0.330 e. The van der Waals surface area contributed by atoms with Crippen molar-refractivity contribution in [3.8, 4) is 0 Å². The Hall–Kier alpha value is -2.47. The van der Waals surface area contributed by atoms with Gasteiger partial charge in [-0.15, -0.1) is 0 Å². The number of para-hydroxylation sites is 1. The molecule has 2 aliphatic rings. The number of carbonyl (C=O) groups excluding carboxylic acids is 1. The van der Waals surface area contributed by atoms with Crippen LogP contribution in [0.2, 0.25) is 0 Å². The van der Waals surface area contributed by atoms with Crippen LogP contribution in [-0.4, -0.2) is 40.2 Å². The van der Waals surface area contributed by atoms with Gasteiger partial charge in [0.1, 0.15) is 5.54 Å². The number of hydrogen-bond donors (Lipinski definition) is 2. The third-order valence-electron chi connectivity index (χ3n) is 6.43. The summed E-state index contributed by atoms with van der Waals surface area (Å²) in [5.41, 5.74) is 0.0966. The zero-order valence-electron chi connectivity index (χ0n) is 16.5. The molecule has 2 fully saturated rings. The normalized spacial score (nSPS) is 25.9. The lowest BCUT2D eigenvalue weighted by atomic mass is 9.54. The van der Waals surface area contributed by atoms with Gasteiger partial charge in [0.05, 0.1) is 17.2 Å². The zero-order valence-corrected chi connectivity index (χ0v) is 16.5. The number of carboxylic acids is 1. The van der Waals surface area contributed by atoms with Crippen molar-refractivity contribution in [1.82, 2.24) is 10.3 Å². The van der Waals surface area contributed by atoms with Crippen LogP contribution in [0.3, 0.4) is 0 Å². The number of aliphatic carboxylic acids is 1. The van der Waals surface area contributed by atoms with E-state index in [0.717, 1.165) is 29.4 Å². The van der Waals surface area contributed by atoms with Crippen LogP contribution in [0.15, 0.2) is 30.3 Å². The Morgan fingerprint density at radius 2 is 2.00 bits per heavy atom. The van der Waals surface area contributed by atoms with E-state index in [2.05, 4.69) is 5.32 Å². The monoisotopic (exact) mass is 382 g/mol. The van der Waals surface area contributed by atoms with Crippen LogP contribution >= 0.6 is 0 Å². The van der Waals surface area contributed by atoms with Crippen LogP contribution in [0.4, 0.5) is 0 Å². The van der Waals surface area contributed by atoms with Gasteiger partial charge < -0.3 is 15.2 Å². The van der Waals surface area contributed by atoms with Crippen molar-refractivity contribution in [2.75, 3.05) is 6.61 Å². The molecule has 2 aromatic rings. The Labute approximate surface area is 164 Å². The molecule has 1 aromatic heterocycles. The number of nitrogens with zero attached hydrogens (tertiary/aromatic N) is 1. The number of carboxylic acid groups (broad SMARTS) is 1.